The molecule has 1 rings (SSSR count). The molecule has 0 radical (unpaired) electrons. The molecule has 0 heterocycles. The maximum absolute atomic E-state index is 9.37. The van der Waals surface area contributed by atoms with Gasteiger partial charge in [0.15, 0.2) is 0 Å². The van der Waals surface area contributed by atoms with Crippen LogP contribution in [0.4, 0.5) is 0 Å². The van der Waals surface area contributed by atoms with Crippen LogP contribution in [0.2, 0.25) is 0 Å². The summed E-state index contributed by atoms with van der Waals surface area (Å²) in [7, 11) is 3.95. The van der Waals surface area contributed by atoms with Gasteiger partial charge in [0.1, 0.15) is 0 Å². The molecule has 1 aromatic rings. The van der Waals surface area contributed by atoms with Gasteiger partial charge in [0.2, 0.25) is 0 Å². The first-order chi connectivity index (χ1) is 6.11. The molecule has 72 valence electrons. The number of aliphatic hydroxyl groups is 1. The van der Waals surface area contributed by atoms with E-state index in [-0.39, 0.29) is 12.1 Å². The van der Waals surface area contributed by atoms with Gasteiger partial charge in [-0.15, -0.1) is 0 Å². The van der Waals surface area contributed by atoms with Crippen molar-refractivity contribution in [2.75, 3.05) is 20.7 Å². The van der Waals surface area contributed by atoms with Crippen LogP contribution in [0.3, 0.4) is 0 Å². The van der Waals surface area contributed by atoms with E-state index in [1.807, 2.05) is 56.3 Å². The molecule has 13 heavy (non-hydrogen) atoms. The molecule has 0 bridgehead atoms. The highest BCUT2D eigenvalue weighted by molar-refractivity contribution is 5.23. The fourth-order valence-electron chi connectivity index (χ4n) is 1.29. The lowest BCUT2D eigenvalue weighted by molar-refractivity contribution is 0.0826. The number of aliphatic hydroxyl groups excluding tert-OH is 1. The molecule has 0 spiro atoms. The zero-order valence-corrected chi connectivity index (χ0v) is 8.49. The highest BCUT2D eigenvalue weighted by Crippen LogP contribution is 2.24. The van der Waals surface area contributed by atoms with Crippen molar-refractivity contribution in [1.29, 1.82) is 0 Å². The molecule has 0 aliphatic rings. The van der Waals surface area contributed by atoms with Gasteiger partial charge in [-0.2, -0.15) is 0 Å². The van der Waals surface area contributed by atoms with Gasteiger partial charge in [0, 0.05) is 0 Å². The Hall–Kier alpha value is -0.860. The molecule has 0 fully saturated rings. The minimum absolute atomic E-state index is 0.129. The number of rotatable bonds is 3. The minimum atomic E-state index is -0.277. The SMILES string of the molecule is CN(C)C(C)(CO)c1ccccc1. The Bertz CT molecular complexity index is 258. The maximum atomic E-state index is 9.37. The third kappa shape index (κ3) is 1.90. The molecule has 1 N–H and O–H groups in total. The van der Waals surface area contributed by atoms with Crippen molar-refractivity contribution in [3.8, 4) is 0 Å². The average molecular weight is 179 g/mol. The minimum Gasteiger partial charge on any atom is -0.394 e. The first-order valence-corrected chi connectivity index (χ1v) is 4.45. The average Bonchev–Trinajstić information content (AvgIpc) is 2.17. The topological polar surface area (TPSA) is 23.5 Å². The predicted molar refractivity (Wildman–Crippen MR) is 54.6 cm³/mol. The Balaban J connectivity index is 3.03. The van der Waals surface area contributed by atoms with Crippen LogP contribution in [0.15, 0.2) is 30.3 Å². The van der Waals surface area contributed by atoms with Gasteiger partial charge in [-0.25, -0.2) is 0 Å². The molecule has 2 heteroatoms. The second-order valence-corrected chi connectivity index (χ2v) is 3.69. The van der Waals surface area contributed by atoms with Gasteiger partial charge < -0.3 is 5.11 Å². The van der Waals surface area contributed by atoms with Crippen LogP contribution < -0.4 is 0 Å². The monoisotopic (exact) mass is 179 g/mol. The lowest BCUT2D eigenvalue weighted by Gasteiger charge is -2.35. The number of likely N-dealkylation sites (N-methyl/N-ethyl adjacent to an activating group) is 1. The van der Waals surface area contributed by atoms with Crippen molar-refractivity contribution in [3.63, 3.8) is 0 Å². The standard InChI is InChI=1S/C11H17NO/c1-11(9-13,12(2)3)10-7-5-4-6-8-10/h4-8,13H,9H2,1-3H3. The van der Waals surface area contributed by atoms with Gasteiger partial charge in [-0.1, -0.05) is 30.3 Å². The van der Waals surface area contributed by atoms with E-state index in [2.05, 4.69) is 0 Å². The molecule has 0 aromatic heterocycles. The normalized spacial score (nSPS) is 15.8. The van der Waals surface area contributed by atoms with E-state index in [1.54, 1.807) is 0 Å². The van der Waals surface area contributed by atoms with Crippen LogP contribution in [-0.4, -0.2) is 30.7 Å². The molecule has 1 unspecified atom stereocenters. The summed E-state index contributed by atoms with van der Waals surface area (Å²) in [5, 5.41) is 9.37. The maximum Gasteiger partial charge on any atom is 0.0660 e. The molecule has 0 amide bonds. The second kappa shape index (κ2) is 3.90. The third-order valence-electron chi connectivity index (χ3n) is 2.69. The molecule has 1 aromatic carbocycles. The van der Waals surface area contributed by atoms with E-state index >= 15 is 0 Å². The molecule has 0 aliphatic carbocycles. The van der Waals surface area contributed by atoms with E-state index in [1.165, 1.54) is 0 Å². The van der Waals surface area contributed by atoms with Crippen LogP contribution in [0.25, 0.3) is 0 Å². The van der Waals surface area contributed by atoms with Gasteiger partial charge in [-0.3, -0.25) is 4.90 Å². The second-order valence-electron chi connectivity index (χ2n) is 3.69. The van der Waals surface area contributed by atoms with E-state index in [4.69, 9.17) is 0 Å². The molecular weight excluding hydrogens is 162 g/mol. The van der Waals surface area contributed by atoms with Gasteiger partial charge in [0.05, 0.1) is 12.1 Å². The summed E-state index contributed by atoms with van der Waals surface area (Å²) < 4.78 is 0. The smallest absolute Gasteiger partial charge is 0.0660 e. The molecule has 0 aliphatic heterocycles. The summed E-state index contributed by atoms with van der Waals surface area (Å²) in [6, 6.07) is 10.0. The Kier molecular flexibility index (Phi) is 3.07. The summed E-state index contributed by atoms with van der Waals surface area (Å²) in [4.78, 5) is 2.03. The van der Waals surface area contributed by atoms with Crippen LogP contribution in [0.1, 0.15) is 12.5 Å². The molecule has 0 saturated heterocycles. The Morgan fingerprint density at radius 2 is 1.77 bits per heavy atom. The highest BCUT2D eigenvalue weighted by Gasteiger charge is 2.27. The van der Waals surface area contributed by atoms with Gasteiger partial charge in [0.25, 0.3) is 0 Å². The first-order valence-electron chi connectivity index (χ1n) is 4.45. The van der Waals surface area contributed by atoms with E-state index in [0.717, 1.165) is 5.56 Å². The van der Waals surface area contributed by atoms with Crippen molar-refractivity contribution in [2.24, 2.45) is 0 Å². The first kappa shape index (κ1) is 10.2. The van der Waals surface area contributed by atoms with E-state index < -0.39 is 0 Å². The summed E-state index contributed by atoms with van der Waals surface area (Å²) in [5.74, 6) is 0. The zero-order valence-electron chi connectivity index (χ0n) is 8.49. The van der Waals surface area contributed by atoms with Crippen molar-refractivity contribution >= 4 is 0 Å². The summed E-state index contributed by atoms with van der Waals surface area (Å²) in [5.41, 5.74) is 0.865. The van der Waals surface area contributed by atoms with E-state index in [9.17, 15) is 5.11 Å². The van der Waals surface area contributed by atoms with Crippen LogP contribution >= 0.6 is 0 Å². The number of nitrogens with zero attached hydrogens (tertiary/aromatic N) is 1. The molecule has 1 atom stereocenters. The van der Waals surface area contributed by atoms with Gasteiger partial charge >= 0.3 is 0 Å². The molecule has 0 saturated carbocycles. The Morgan fingerprint density at radius 1 is 1.23 bits per heavy atom. The largest absolute Gasteiger partial charge is 0.394 e. The van der Waals surface area contributed by atoms with Crippen LogP contribution in [0.5, 0.6) is 0 Å². The number of hydrogen-bond acceptors (Lipinski definition) is 2. The zero-order chi connectivity index (χ0) is 9.90. The lowest BCUT2D eigenvalue weighted by atomic mass is 9.92. The van der Waals surface area contributed by atoms with E-state index in [0.29, 0.717) is 0 Å². The van der Waals surface area contributed by atoms with Gasteiger partial charge in [-0.05, 0) is 26.6 Å². The van der Waals surface area contributed by atoms with Crippen LogP contribution in [-0.2, 0) is 5.54 Å². The van der Waals surface area contributed by atoms with Crippen LogP contribution in [0, 0.1) is 0 Å². The molecule has 2 nitrogen and oxygen atoms in total. The number of benzene rings is 1. The fraction of sp³-hybridized carbons (Fsp3) is 0.455. The van der Waals surface area contributed by atoms with Crippen molar-refractivity contribution in [3.05, 3.63) is 35.9 Å². The predicted octanol–water partition coefficient (Wildman–Crippen LogP) is 1.46. The number of hydrogen-bond donors (Lipinski definition) is 1. The van der Waals surface area contributed by atoms with Crippen molar-refractivity contribution in [2.45, 2.75) is 12.5 Å². The third-order valence-corrected chi connectivity index (χ3v) is 2.69. The summed E-state index contributed by atoms with van der Waals surface area (Å²) >= 11 is 0. The van der Waals surface area contributed by atoms with Crippen molar-refractivity contribution < 1.29 is 5.11 Å². The quantitative estimate of drug-likeness (QED) is 0.759. The Morgan fingerprint density at radius 3 is 2.15 bits per heavy atom. The summed E-state index contributed by atoms with van der Waals surface area (Å²) in [6.45, 7) is 2.16. The fourth-order valence-corrected chi connectivity index (χ4v) is 1.29. The van der Waals surface area contributed by atoms with Crippen molar-refractivity contribution in [1.82, 2.24) is 4.90 Å². The highest BCUT2D eigenvalue weighted by atomic mass is 16.3. The lowest BCUT2D eigenvalue weighted by Crippen LogP contribution is -2.41. The molecular formula is C11H17NO. The summed E-state index contributed by atoms with van der Waals surface area (Å²) in [6.07, 6.45) is 0. The Labute approximate surface area is 79.8 Å².